The first-order chi connectivity index (χ1) is 4.30. The van der Waals surface area contributed by atoms with Crippen molar-refractivity contribution in [1.82, 2.24) is 4.98 Å². The van der Waals surface area contributed by atoms with Gasteiger partial charge in [0, 0.05) is 6.20 Å². The predicted octanol–water partition coefficient (Wildman–Crippen LogP) is 0.333. The van der Waals surface area contributed by atoms with E-state index in [1.54, 1.807) is 18.2 Å². The zero-order valence-corrected chi connectivity index (χ0v) is 5.15. The van der Waals surface area contributed by atoms with Crippen molar-refractivity contribution in [3.8, 4) is 0 Å². The molecule has 0 aliphatic rings. The largest absolute Gasteiger partial charge is 0.364 e. The molecule has 2 N–H and O–H groups in total. The van der Waals surface area contributed by atoms with Crippen LogP contribution in [0.2, 0.25) is 0 Å². The first-order valence-corrected chi connectivity index (χ1v) is 2.51. The van der Waals surface area contributed by atoms with Crippen LogP contribution in [0.25, 0.3) is 0 Å². The van der Waals surface area contributed by atoms with E-state index in [4.69, 9.17) is 5.73 Å². The second-order valence-corrected chi connectivity index (χ2v) is 1.58. The zero-order chi connectivity index (χ0) is 6.69. The molecule has 0 spiro atoms. The summed E-state index contributed by atoms with van der Waals surface area (Å²) < 4.78 is 0. The Hall–Kier alpha value is -1.45. The van der Waals surface area contributed by atoms with E-state index < -0.39 is 5.91 Å². The highest BCUT2D eigenvalue weighted by Crippen LogP contribution is 1.88. The Kier molecular flexibility index (Phi) is 3.04. The number of hydrogen-bond donors (Lipinski definition) is 1. The summed E-state index contributed by atoms with van der Waals surface area (Å²) in [6, 6.07) is 5.02. The number of nitrogens with two attached hydrogens (primary N) is 1. The van der Waals surface area contributed by atoms with E-state index >= 15 is 0 Å². The van der Waals surface area contributed by atoms with Crippen molar-refractivity contribution in [3.63, 3.8) is 0 Å². The Morgan fingerprint density at radius 1 is 1.50 bits per heavy atom. The van der Waals surface area contributed by atoms with Crippen LogP contribution in [-0.4, -0.2) is 10.9 Å². The molecule has 1 heterocycles. The molecule has 1 amide bonds. The predicted molar refractivity (Wildman–Crippen MR) is 35.3 cm³/mol. The van der Waals surface area contributed by atoms with Gasteiger partial charge in [0.15, 0.2) is 0 Å². The normalized spacial score (nSPS) is 8.00. The van der Waals surface area contributed by atoms with E-state index in [9.17, 15) is 4.79 Å². The molecule has 54 valence electrons. The molecule has 10 heavy (non-hydrogen) atoms. The minimum atomic E-state index is -0.490. The number of nitrogens with zero attached hydrogens (tertiary/aromatic N) is 1. The van der Waals surface area contributed by atoms with Crippen LogP contribution in [0.4, 0.5) is 4.70 Å². The first kappa shape index (κ1) is 8.55. The Morgan fingerprint density at radius 3 is 2.50 bits per heavy atom. The van der Waals surface area contributed by atoms with E-state index in [1.165, 1.54) is 6.20 Å². The van der Waals surface area contributed by atoms with E-state index in [-0.39, 0.29) is 4.70 Å². The summed E-state index contributed by atoms with van der Waals surface area (Å²) in [7, 11) is 0. The summed E-state index contributed by atoms with van der Waals surface area (Å²) in [6.45, 7) is 0. The van der Waals surface area contributed by atoms with E-state index in [1.807, 2.05) is 0 Å². The minimum Gasteiger partial charge on any atom is -0.364 e. The highest BCUT2D eigenvalue weighted by atomic mass is 19.0. The molecular weight excluding hydrogens is 135 g/mol. The average molecular weight is 142 g/mol. The fourth-order valence-electron chi connectivity index (χ4n) is 0.509. The van der Waals surface area contributed by atoms with Gasteiger partial charge in [0.1, 0.15) is 5.69 Å². The molecule has 0 fully saturated rings. The van der Waals surface area contributed by atoms with E-state index in [0.717, 1.165) is 0 Å². The molecule has 0 unspecified atom stereocenters. The van der Waals surface area contributed by atoms with Gasteiger partial charge in [-0.15, -0.1) is 0 Å². The maximum absolute atomic E-state index is 10.4. The lowest BCUT2D eigenvalue weighted by Gasteiger charge is -1.88. The van der Waals surface area contributed by atoms with Crippen LogP contribution in [0.1, 0.15) is 10.5 Å². The monoisotopic (exact) mass is 142 g/mol. The van der Waals surface area contributed by atoms with Gasteiger partial charge in [-0.05, 0) is 12.1 Å². The number of carbonyl (C=O) groups is 1. The first-order valence-electron chi connectivity index (χ1n) is 2.51. The topological polar surface area (TPSA) is 56.0 Å². The van der Waals surface area contributed by atoms with Crippen molar-refractivity contribution in [3.05, 3.63) is 30.1 Å². The number of hydrogen-bond acceptors (Lipinski definition) is 2. The molecule has 0 saturated carbocycles. The van der Waals surface area contributed by atoms with Gasteiger partial charge in [-0.25, -0.2) is 0 Å². The standard InChI is InChI=1S/C6H6N2O.FH/c7-6(9)5-3-1-2-4-8-5;/h1-4H,(H2,7,9);1H. The van der Waals surface area contributed by atoms with Crippen molar-refractivity contribution < 1.29 is 9.50 Å². The van der Waals surface area contributed by atoms with Crippen molar-refractivity contribution >= 4 is 5.91 Å². The molecule has 0 atom stereocenters. The summed E-state index contributed by atoms with van der Waals surface area (Å²) in [6.07, 6.45) is 1.53. The molecule has 0 radical (unpaired) electrons. The average Bonchev–Trinajstić information content (AvgIpc) is 1.90. The lowest BCUT2D eigenvalue weighted by atomic mass is 10.3. The number of halogens is 1. The summed E-state index contributed by atoms with van der Waals surface area (Å²) in [4.78, 5) is 14.1. The lowest BCUT2D eigenvalue weighted by Crippen LogP contribution is -2.12. The van der Waals surface area contributed by atoms with E-state index in [2.05, 4.69) is 4.98 Å². The summed E-state index contributed by atoms with van der Waals surface area (Å²) >= 11 is 0. The van der Waals surface area contributed by atoms with Crippen LogP contribution in [0.5, 0.6) is 0 Å². The Bertz CT molecular complexity index is 212. The second-order valence-electron chi connectivity index (χ2n) is 1.58. The molecule has 0 bridgehead atoms. The van der Waals surface area contributed by atoms with Crippen LogP contribution in [0.15, 0.2) is 24.4 Å². The van der Waals surface area contributed by atoms with Gasteiger partial charge in [-0.2, -0.15) is 0 Å². The van der Waals surface area contributed by atoms with Crippen molar-refractivity contribution in [2.75, 3.05) is 0 Å². The molecule has 0 aromatic carbocycles. The molecule has 1 aromatic rings. The van der Waals surface area contributed by atoms with Crippen molar-refractivity contribution in [2.45, 2.75) is 0 Å². The molecule has 0 saturated heterocycles. The highest BCUT2D eigenvalue weighted by molar-refractivity contribution is 5.90. The molecule has 0 aliphatic heterocycles. The number of rotatable bonds is 1. The van der Waals surface area contributed by atoms with Crippen LogP contribution in [0, 0.1) is 0 Å². The number of pyridine rings is 1. The van der Waals surface area contributed by atoms with Gasteiger partial charge in [0.05, 0.1) is 0 Å². The van der Waals surface area contributed by atoms with Crippen LogP contribution in [-0.2, 0) is 0 Å². The van der Waals surface area contributed by atoms with Crippen molar-refractivity contribution in [2.24, 2.45) is 5.73 Å². The van der Waals surface area contributed by atoms with Gasteiger partial charge in [0.25, 0.3) is 5.91 Å². The lowest BCUT2D eigenvalue weighted by molar-refractivity contribution is 0.0995. The molecule has 0 aliphatic carbocycles. The Morgan fingerprint density at radius 2 is 2.20 bits per heavy atom. The zero-order valence-electron chi connectivity index (χ0n) is 5.15. The molecule has 1 rings (SSSR count). The minimum absolute atomic E-state index is 0. The molecular formula is C6H7FN2O. The summed E-state index contributed by atoms with van der Waals surface area (Å²) in [5, 5.41) is 0. The Labute approximate surface area is 57.2 Å². The molecule has 4 heteroatoms. The third-order valence-corrected chi connectivity index (χ3v) is 0.917. The number of primary amides is 1. The van der Waals surface area contributed by atoms with Gasteiger partial charge in [-0.1, -0.05) is 6.07 Å². The van der Waals surface area contributed by atoms with Crippen LogP contribution >= 0.6 is 0 Å². The second kappa shape index (κ2) is 3.55. The maximum atomic E-state index is 10.4. The van der Waals surface area contributed by atoms with Crippen LogP contribution < -0.4 is 5.73 Å². The van der Waals surface area contributed by atoms with Gasteiger partial charge < -0.3 is 5.73 Å². The van der Waals surface area contributed by atoms with E-state index in [0.29, 0.717) is 5.69 Å². The van der Waals surface area contributed by atoms with Gasteiger partial charge in [0.2, 0.25) is 0 Å². The molecule has 1 aromatic heterocycles. The number of amides is 1. The fraction of sp³-hybridized carbons (Fsp3) is 0. The Balaban J connectivity index is 0.000000810. The summed E-state index contributed by atoms with van der Waals surface area (Å²) in [5.41, 5.74) is 5.22. The fourth-order valence-corrected chi connectivity index (χ4v) is 0.509. The SMILES string of the molecule is F.NC(=O)c1ccccn1. The third kappa shape index (κ3) is 1.81. The van der Waals surface area contributed by atoms with Gasteiger partial charge in [-0.3, -0.25) is 14.5 Å². The smallest absolute Gasteiger partial charge is 0.267 e. The maximum Gasteiger partial charge on any atom is 0.267 e. The van der Waals surface area contributed by atoms with Crippen molar-refractivity contribution in [1.29, 1.82) is 0 Å². The molecule has 3 nitrogen and oxygen atoms in total. The highest BCUT2D eigenvalue weighted by Gasteiger charge is 1.95. The number of carbonyl (C=O) groups excluding carboxylic acids is 1. The number of aromatic nitrogens is 1. The summed E-state index contributed by atoms with van der Waals surface area (Å²) in [5.74, 6) is -0.490. The van der Waals surface area contributed by atoms with Crippen LogP contribution in [0.3, 0.4) is 0 Å². The quantitative estimate of drug-likeness (QED) is 0.614. The third-order valence-electron chi connectivity index (χ3n) is 0.917. The van der Waals surface area contributed by atoms with Gasteiger partial charge >= 0.3 is 0 Å².